The van der Waals surface area contributed by atoms with Crippen molar-refractivity contribution in [3.63, 3.8) is 0 Å². The molecule has 0 heterocycles. The van der Waals surface area contributed by atoms with Crippen molar-refractivity contribution in [2.75, 3.05) is 7.11 Å². The number of rotatable bonds is 5. The average Bonchev–Trinajstić information content (AvgIpc) is 2.60. The van der Waals surface area contributed by atoms with Gasteiger partial charge in [-0.3, -0.25) is 0 Å². The second-order valence-electron chi connectivity index (χ2n) is 6.37. The zero-order chi connectivity index (χ0) is 18.0. The first-order chi connectivity index (χ1) is 11.9. The van der Waals surface area contributed by atoms with Gasteiger partial charge in [-0.1, -0.05) is 18.2 Å². The van der Waals surface area contributed by atoms with E-state index in [1.165, 1.54) is 24.0 Å². The van der Waals surface area contributed by atoms with Crippen molar-refractivity contribution in [3.05, 3.63) is 56.7 Å². The summed E-state index contributed by atoms with van der Waals surface area (Å²) in [5.74, 6) is 0.669. The molecule has 0 aliphatic heterocycles. The van der Waals surface area contributed by atoms with Gasteiger partial charge in [-0.25, -0.2) is 13.1 Å². The standard InChI is InChI=1S/C19H22INO3S/c1-13(15-8-7-14-5-3-4-6-16(14)11-15)21-25(22,23)17-9-10-19(24-2)18(20)12-17/h7-13,21H,3-6H2,1-2H3/t13-/m0/s1. The molecular formula is C19H22INO3S. The second-order valence-corrected chi connectivity index (χ2v) is 9.25. The summed E-state index contributed by atoms with van der Waals surface area (Å²) >= 11 is 2.08. The molecule has 1 aliphatic rings. The van der Waals surface area contributed by atoms with E-state index in [1.54, 1.807) is 25.3 Å². The maximum atomic E-state index is 12.7. The number of benzene rings is 2. The number of fused-ring (bicyclic) bond motifs is 1. The van der Waals surface area contributed by atoms with E-state index in [0.717, 1.165) is 22.0 Å². The Hall–Kier alpha value is -1.12. The van der Waals surface area contributed by atoms with Crippen molar-refractivity contribution >= 4 is 32.6 Å². The molecule has 1 aliphatic carbocycles. The molecule has 134 valence electrons. The van der Waals surface area contributed by atoms with E-state index in [2.05, 4.69) is 39.4 Å². The molecule has 0 saturated heterocycles. The number of halogens is 1. The Bertz CT molecular complexity index is 880. The van der Waals surface area contributed by atoms with Crippen LogP contribution in [0.5, 0.6) is 5.75 Å². The number of aryl methyl sites for hydroxylation is 2. The molecule has 6 heteroatoms. The van der Waals surface area contributed by atoms with Gasteiger partial charge >= 0.3 is 0 Å². The fourth-order valence-corrected chi connectivity index (χ4v) is 5.41. The highest BCUT2D eigenvalue weighted by Crippen LogP contribution is 2.27. The Kier molecular flexibility index (Phi) is 5.70. The average molecular weight is 471 g/mol. The van der Waals surface area contributed by atoms with Crippen LogP contribution < -0.4 is 9.46 Å². The van der Waals surface area contributed by atoms with Crippen molar-refractivity contribution in [2.45, 2.75) is 43.5 Å². The molecule has 0 spiro atoms. The van der Waals surface area contributed by atoms with Crippen molar-refractivity contribution in [3.8, 4) is 5.75 Å². The summed E-state index contributed by atoms with van der Waals surface area (Å²) < 4.78 is 34.2. The Morgan fingerprint density at radius 2 is 1.80 bits per heavy atom. The zero-order valence-corrected chi connectivity index (χ0v) is 17.4. The van der Waals surface area contributed by atoms with Gasteiger partial charge in [0.25, 0.3) is 0 Å². The number of hydrogen-bond acceptors (Lipinski definition) is 3. The first kappa shape index (κ1) is 18.7. The quantitative estimate of drug-likeness (QED) is 0.665. The number of methoxy groups -OCH3 is 1. The van der Waals surface area contributed by atoms with Crippen LogP contribution in [0.15, 0.2) is 41.3 Å². The van der Waals surface area contributed by atoms with Crippen molar-refractivity contribution in [1.29, 1.82) is 0 Å². The second kappa shape index (κ2) is 7.63. The highest BCUT2D eigenvalue weighted by molar-refractivity contribution is 14.1. The molecule has 2 aromatic carbocycles. The third-order valence-corrected chi connectivity index (χ3v) is 7.02. The van der Waals surface area contributed by atoms with Gasteiger partial charge in [0.1, 0.15) is 5.75 Å². The van der Waals surface area contributed by atoms with Crippen LogP contribution in [0.3, 0.4) is 0 Å². The molecule has 3 rings (SSSR count). The molecule has 1 atom stereocenters. The van der Waals surface area contributed by atoms with E-state index >= 15 is 0 Å². The van der Waals surface area contributed by atoms with E-state index in [-0.39, 0.29) is 10.9 Å². The highest BCUT2D eigenvalue weighted by atomic mass is 127. The van der Waals surface area contributed by atoms with Crippen LogP contribution in [-0.4, -0.2) is 15.5 Å². The van der Waals surface area contributed by atoms with E-state index in [9.17, 15) is 8.42 Å². The largest absolute Gasteiger partial charge is 0.496 e. The molecule has 0 fully saturated rings. The first-order valence-corrected chi connectivity index (χ1v) is 10.9. The Morgan fingerprint density at radius 1 is 1.08 bits per heavy atom. The lowest BCUT2D eigenvalue weighted by molar-refractivity contribution is 0.411. The van der Waals surface area contributed by atoms with Gasteiger partial charge in [0.2, 0.25) is 10.0 Å². The lowest BCUT2D eigenvalue weighted by Crippen LogP contribution is -2.27. The number of ether oxygens (including phenoxy) is 1. The van der Waals surface area contributed by atoms with Crippen molar-refractivity contribution in [1.82, 2.24) is 4.72 Å². The Morgan fingerprint density at radius 3 is 2.48 bits per heavy atom. The minimum absolute atomic E-state index is 0.252. The Balaban J connectivity index is 1.81. The van der Waals surface area contributed by atoms with E-state index in [4.69, 9.17) is 4.74 Å². The van der Waals surface area contributed by atoms with E-state index in [1.807, 2.05) is 13.0 Å². The molecule has 2 aromatic rings. The lowest BCUT2D eigenvalue weighted by Gasteiger charge is -2.20. The summed E-state index contributed by atoms with van der Waals surface area (Å²) in [6.07, 6.45) is 4.66. The minimum atomic E-state index is -3.59. The zero-order valence-electron chi connectivity index (χ0n) is 14.4. The van der Waals surface area contributed by atoms with E-state index in [0.29, 0.717) is 5.75 Å². The number of hydrogen-bond donors (Lipinski definition) is 1. The molecule has 0 bridgehead atoms. The molecule has 0 radical (unpaired) electrons. The van der Waals surface area contributed by atoms with Gasteiger partial charge in [-0.05, 0) is 90.1 Å². The number of sulfonamides is 1. The van der Waals surface area contributed by atoms with Crippen LogP contribution in [0.4, 0.5) is 0 Å². The molecule has 0 saturated carbocycles. The van der Waals surface area contributed by atoms with Crippen LogP contribution in [0.2, 0.25) is 0 Å². The summed E-state index contributed by atoms with van der Waals surface area (Å²) in [6.45, 7) is 1.89. The molecule has 4 nitrogen and oxygen atoms in total. The van der Waals surface area contributed by atoms with Crippen LogP contribution in [0.25, 0.3) is 0 Å². The van der Waals surface area contributed by atoms with Gasteiger partial charge in [0.15, 0.2) is 0 Å². The van der Waals surface area contributed by atoms with Gasteiger partial charge in [-0.2, -0.15) is 0 Å². The van der Waals surface area contributed by atoms with Crippen LogP contribution in [0, 0.1) is 3.57 Å². The maximum Gasteiger partial charge on any atom is 0.241 e. The highest BCUT2D eigenvalue weighted by Gasteiger charge is 2.20. The number of nitrogens with one attached hydrogen (secondary N) is 1. The molecule has 0 aromatic heterocycles. The van der Waals surface area contributed by atoms with Gasteiger partial charge in [-0.15, -0.1) is 0 Å². The molecule has 1 N–H and O–H groups in total. The predicted octanol–water partition coefficient (Wildman–Crippen LogP) is 4.22. The summed E-state index contributed by atoms with van der Waals surface area (Å²) in [5.41, 5.74) is 3.76. The molecule has 0 amide bonds. The molecular weight excluding hydrogens is 449 g/mol. The summed E-state index contributed by atoms with van der Waals surface area (Å²) in [4.78, 5) is 0.252. The van der Waals surface area contributed by atoms with Crippen molar-refractivity contribution in [2.24, 2.45) is 0 Å². The van der Waals surface area contributed by atoms with Crippen LogP contribution in [-0.2, 0) is 22.9 Å². The summed E-state index contributed by atoms with van der Waals surface area (Å²) in [6, 6.07) is 10.9. The molecule has 25 heavy (non-hydrogen) atoms. The minimum Gasteiger partial charge on any atom is -0.496 e. The fraction of sp³-hybridized carbons (Fsp3) is 0.368. The predicted molar refractivity (Wildman–Crippen MR) is 108 cm³/mol. The first-order valence-electron chi connectivity index (χ1n) is 8.38. The van der Waals surface area contributed by atoms with Crippen molar-refractivity contribution < 1.29 is 13.2 Å². The lowest BCUT2D eigenvalue weighted by atomic mass is 9.89. The van der Waals surface area contributed by atoms with Crippen LogP contribution >= 0.6 is 22.6 Å². The fourth-order valence-electron chi connectivity index (χ4n) is 3.21. The molecule has 0 unspecified atom stereocenters. The van der Waals surface area contributed by atoms with Gasteiger partial charge in [0.05, 0.1) is 15.6 Å². The summed E-state index contributed by atoms with van der Waals surface area (Å²) in [7, 11) is -2.02. The van der Waals surface area contributed by atoms with Gasteiger partial charge < -0.3 is 4.74 Å². The smallest absolute Gasteiger partial charge is 0.241 e. The third kappa shape index (κ3) is 4.17. The van der Waals surface area contributed by atoms with E-state index < -0.39 is 10.0 Å². The topological polar surface area (TPSA) is 55.4 Å². The SMILES string of the molecule is COc1ccc(S(=O)(=O)N[C@@H](C)c2ccc3c(c2)CCCC3)cc1I. The van der Waals surface area contributed by atoms with Crippen LogP contribution in [0.1, 0.15) is 42.5 Å². The normalized spacial score (nSPS) is 15.5. The van der Waals surface area contributed by atoms with Gasteiger partial charge in [0, 0.05) is 6.04 Å². The monoisotopic (exact) mass is 471 g/mol. The summed E-state index contributed by atoms with van der Waals surface area (Å²) in [5, 5.41) is 0. The Labute approximate surface area is 163 Å². The third-order valence-electron chi connectivity index (χ3n) is 4.64. The maximum absolute atomic E-state index is 12.7.